The number of halogens is 1. The van der Waals surface area contributed by atoms with E-state index in [-0.39, 0.29) is 24.5 Å². The van der Waals surface area contributed by atoms with Crippen LogP contribution in [0.15, 0.2) is 54.6 Å². The van der Waals surface area contributed by atoms with Crippen LogP contribution < -0.4 is 18.9 Å². The van der Waals surface area contributed by atoms with Crippen LogP contribution in [0, 0.1) is 5.82 Å². The van der Waals surface area contributed by atoms with E-state index in [0.717, 1.165) is 16.7 Å². The van der Waals surface area contributed by atoms with Crippen LogP contribution in [0.2, 0.25) is 0 Å². The summed E-state index contributed by atoms with van der Waals surface area (Å²) < 4.78 is 35.9. The highest BCUT2D eigenvalue weighted by Crippen LogP contribution is 2.44. The average Bonchev–Trinajstić information content (AvgIpc) is 3.13. The molecule has 0 saturated carbocycles. The third kappa shape index (κ3) is 5.27. The van der Waals surface area contributed by atoms with Gasteiger partial charge in [-0.1, -0.05) is 6.07 Å². The molecule has 0 spiro atoms. The molecule has 3 aromatic rings. The number of fused-ring (bicyclic) bond motifs is 1. The van der Waals surface area contributed by atoms with Crippen molar-refractivity contribution >= 4 is 11.7 Å². The Hall–Kier alpha value is -4.07. The molecular weight excluding hydrogens is 465 g/mol. The van der Waals surface area contributed by atoms with Crippen molar-refractivity contribution in [2.75, 3.05) is 34.5 Å². The smallest absolute Gasteiger partial charge is 0.223 e. The Bertz CT molecular complexity index is 1240. The molecule has 0 aliphatic carbocycles. The van der Waals surface area contributed by atoms with Crippen LogP contribution in [0.1, 0.15) is 28.8 Å². The van der Waals surface area contributed by atoms with E-state index in [4.69, 9.17) is 18.9 Å². The maximum Gasteiger partial charge on any atom is 0.223 e. The van der Waals surface area contributed by atoms with Gasteiger partial charge < -0.3 is 23.8 Å². The summed E-state index contributed by atoms with van der Waals surface area (Å²) in [5.41, 5.74) is 2.71. The summed E-state index contributed by atoms with van der Waals surface area (Å²) >= 11 is 0. The van der Waals surface area contributed by atoms with Crippen molar-refractivity contribution in [3.63, 3.8) is 0 Å². The number of Topliss-reactive ketones (excluding diaryl/α,β-unsaturated/α-hetero) is 1. The summed E-state index contributed by atoms with van der Waals surface area (Å²) in [7, 11) is 4.75. The van der Waals surface area contributed by atoms with Crippen LogP contribution in [-0.4, -0.2) is 51.1 Å². The minimum absolute atomic E-state index is 0.0381. The minimum atomic E-state index is -0.411. The predicted molar refractivity (Wildman–Crippen MR) is 132 cm³/mol. The molecule has 0 saturated heterocycles. The van der Waals surface area contributed by atoms with E-state index in [9.17, 15) is 14.0 Å². The van der Waals surface area contributed by atoms with Gasteiger partial charge in [-0.15, -0.1) is 0 Å². The van der Waals surface area contributed by atoms with Gasteiger partial charge in [-0.05, 0) is 54.1 Å². The first-order valence-corrected chi connectivity index (χ1v) is 11.6. The second-order valence-corrected chi connectivity index (χ2v) is 8.30. The topological polar surface area (TPSA) is 74.3 Å². The van der Waals surface area contributed by atoms with Gasteiger partial charge in [0.2, 0.25) is 5.91 Å². The number of methoxy groups -OCH3 is 3. The van der Waals surface area contributed by atoms with E-state index in [1.807, 2.05) is 30.3 Å². The molecule has 0 N–H and O–H groups in total. The Kier molecular flexibility index (Phi) is 7.73. The zero-order chi connectivity index (χ0) is 25.7. The average molecular weight is 494 g/mol. The highest BCUT2D eigenvalue weighted by Gasteiger charge is 2.25. The largest absolute Gasteiger partial charge is 0.496 e. The second-order valence-electron chi connectivity index (χ2n) is 8.30. The van der Waals surface area contributed by atoms with Gasteiger partial charge in [0.05, 0.1) is 33.4 Å². The van der Waals surface area contributed by atoms with E-state index in [0.29, 0.717) is 48.3 Å². The molecule has 0 unspecified atom stereocenters. The summed E-state index contributed by atoms with van der Waals surface area (Å²) in [5, 5.41) is 0. The number of carbonyl (C=O) groups is 2. The molecular formula is C28H28FNO6. The van der Waals surface area contributed by atoms with Gasteiger partial charge >= 0.3 is 0 Å². The molecule has 8 heteroatoms. The number of amides is 1. The molecule has 188 valence electrons. The highest BCUT2D eigenvalue weighted by molar-refractivity contribution is 5.98. The molecule has 0 bridgehead atoms. The summed E-state index contributed by atoms with van der Waals surface area (Å²) in [4.78, 5) is 27.2. The molecule has 1 amide bonds. The maximum atomic E-state index is 13.1. The molecule has 0 radical (unpaired) electrons. The van der Waals surface area contributed by atoms with Gasteiger partial charge in [0, 0.05) is 30.5 Å². The third-order valence-electron chi connectivity index (χ3n) is 6.12. The summed E-state index contributed by atoms with van der Waals surface area (Å²) in [5.74, 6) is 1.61. The van der Waals surface area contributed by atoms with Crippen LogP contribution >= 0.6 is 0 Å². The lowest BCUT2D eigenvalue weighted by molar-refractivity contribution is -0.131. The maximum absolute atomic E-state index is 13.1. The van der Waals surface area contributed by atoms with E-state index in [1.165, 1.54) is 24.3 Å². The van der Waals surface area contributed by atoms with E-state index in [1.54, 1.807) is 26.2 Å². The molecule has 7 nitrogen and oxygen atoms in total. The van der Waals surface area contributed by atoms with Crippen molar-refractivity contribution in [3.05, 3.63) is 71.5 Å². The van der Waals surface area contributed by atoms with Gasteiger partial charge in [0.1, 0.15) is 23.9 Å². The van der Waals surface area contributed by atoms with Crippen molar-refractivity contribution in [2.24, 2.45) is 0 Å². The first kappa shape index (κ1) is 25.0. The molecule has 1 aliphatic rings. The number of benzene rings is 3. The van der Waals surface area contributed by atoms with Gasteiger partial charge in [0.25, 0.3) is 0 Å². The van der Waals surface area contributed by atoms with Crippen molar-refractivity contribution in [1.82, 2.24) is 4.90 Å². The first-order chi connectivity index (χ1) is 17.4. The molecule has 1 heterocycles. The zero-order valence-corrected chi connectivity index (χ0v) is 20.5. The van der Waals surface area contributed by atoms with Crippen LogP contribution in [-0.2, 0) is 11.3 Å². The van der Waals surface area contributed by atoms with Crippen LogP contribution in [0.4, 0.5) is 4.39 Å². The first-order valence-electron chi connectivity index (χ1n) is 11.6. The number of ether oxygens (including phenoxy) is 4. The van der Waals surface area contributed by atoms with Crippen LogP contribution in [0.3, 0.4) is 0 Å². The Morgan fingerprint density at radius 2 is 1.58 bits per heavy atom. The molecule has 0 aromatic heterocycles. The van der Waals surface area contributed by atoms with Crippen molar-refractivity contribution in [3.8, 4) is 34.1 Å². The molecule has 36 heavy (non-hydrogen) atoms. The van der Waals surface area contributed by atoms with Crippen molar-refractivity contribution < 1.29 is 32.9 Å². The lowest BCUT2D eigenvalue weighted by Crippen LogP contribution is -2.32. The normalized spacial score (nSPS) is 12.7. The summed E-state index contributed by atoms with van der Waals surface area (Å²) in [6.07, 6.45) is 0.0825. The van der Waals surface area contributed by atoms with Crippen LogP contribution in [0.5, 0.6) is 23.0 Å². The van der Waals surface area contributed by atoms with E-state index >= 15 is 0 Å². The molecule has 0 atom stereocenters. The zero-order valence-electron chi connectivity index (χ0n) is 20.5. The van der Waals surface area contributed by atoms with Gasteiger partial charge in [0.15, 0.2) is 17.3 Å². The monoisotopic (exact) mass is 493 g/mol. The number of carbonyl (C=O) groups excluding carboxylic acids is 2. The number of nitrogens with zero attached hydrogens (tertiary/aromatic N) is 1. The Morgan fingerprint density at radius 3 is 2.22 bits per heavy atom. The van der Waals surface area contributed by atoms with Gasteiger partial charge in [-0.2, -0.15) is 0 Å². The SMILES string of the molecule is COc1cc(-c2c(OC)cccc2OC)cc2c1OCCN(C(=O)CCC(=O)c1ccc(F)cc1)C2. The fourth-order valence-electron chi connectivity index (χ4n) is 4.29. The highest BCUT2D eigenvalue weighted by atomic mass is 19.1. The summed E-state index contributed by atoms with van der Waals surface area (Å²) in [6.45, 7) is 0.952. The molecule has 3 aromatic carbocycles. The number of ketones is 1. The standard InChI is InChI=1S/C28H28FNO6/c1-33-23-5-4-6-24(34-2)27(23)19-15-20-17-30(13-14-36-28(20)25(16-19)35-3)26(32)12-11-22(31)18-7-9-21(29)10-8-18/h4-10,15-16H,11-14,17H2,1-3H3. The fraction of sp³-hybridized carbons (Fsp3) is 0.286. The van der Waals surface area contributed by atoms with Crippen molar-refractivity contribution in [2.45, 2.75) is 19.4 Å². The molecule has 4 rings (SSSR count). The van der Waals surface area contributed by atoms with Gasteiger partial charge in [-0.3, -0.25) is 9.59 Å². The number of hydrogen-bond donors (Lipinski definition) is 0. The Balaban J connectivity index is 1.58. The quantitative estimate of drug-likeness (QED) is 0.416. The van der Waals surface area contributed by atoms with Crippen LogP contribution in [0.25, 0.3) is 11.1 Å². The van der Waals surface area contributed by atoms with E-state index < -0.39 is 5.82 Å². The minimum Gasteiger partial charge on any atom is -0.496 e. The second kappa shape index (κ2) is 11.1. The fourth-order valence-corrected chi connectivity index (χ4v) is 4.29. The van der Waals surface area contributed by atoms with Gasteiger partial charge in [-0.25, -0.2) is 4.39 Å². The molecule has 0 fully saturated rings. The Labute approximate surface area is 209 Å². The van der Waals surface area contributed by atoms with Crippen molar-refractivity contribution in [1.29, 1.82) is 0 Å². The Morgan fingerprint density at radius 1 is 0.917 bits per heavy atom. The number of hydrogen-bond acceptors (Lipinski definition) is 6. The van der Waals surface area contributed by atoms with E-state index in [2.05, 4.69) is 0 Å². The summed E-state index contributed by atoms with van der Waals surface area (Å²) in [6, 6.07) is 14.7. The predicted octanol–water partition coefficient (Wildman–Crippen LogP) is 4.90. The molecule has 1 aliphatic heterocycles. The third-order valence-corrected chi connectivity index (χ3v) is 6.12. The number of rotatable bonds is 8. The lowest BCUT2D eigenvalue weighted by Gasteiger charge is -2.21. The lowest BCUT2D eigenvalue weighted by atomic mass is 9.99.